The number of aryl methyl sites for hydroxylation is 1. The molecule has 0 aliphatic carbocycles. The van der Waals surface area contributed by atoms with Crippen molar-refractivity contribution in [2.45, 2.75) is 84.0 Å². The van der Waals surface area contributed by atoms with E-state index in [-0.39, 0.29) is 0 Å². The molecule has 0 bridgehead atoms. The second-order valence-corrected chi connectivity index (χ2v) is 6.47. The lowest BCUT2D eigenvalue weighted by Crippen LogP contribution is -1.93. The predicted molar refractivity (Wildman–Crippen MR) is 99.7 cm³/mol. The van der Waals surface area contributed by atoms with Gasteiger partial charge in [-0.2, -0.15) is 0 Å². The van der Waals surface area contributed by atoms with E-state index in [9.17, 15) is 0 Å². The van der Waals surface area contributed by atoms with Crippen LogP contribution in [-0.4, -0.2) is 14.2 Å². The highest BCUT2D eigenvalue weighted by Gasteiger charge is 2.04. The summed E-state index contributed by atoms with van der Waals surface area (Å²) in [5.41, 5.74) is 1.35. The second-order valence-electron chi connectivity index (χ2n) is 6.47. The Morgan fingerprint density at radius 1 is 0.652 bits per heavy atom. The van der Waals surface area contributed by atoms with Crippen LogP contribution in [0.3, 0.4) is 0 Å². The first-order chi connectivity index (χ1) is 11.3. The van der Waals surface area contributed by atoms with Crippen molar-refractivity contribution in [3.05, 3.63) is 23.8 Å². The summed E-state index contributed by atoms with van der Waals surface area (Å²) in [5, 5.41) is 0. The second kappa shape index (κ2) is 13.3. The zero-order chi connectivity index (χ0) is 16.8. The van der Waals surface area contributed by atoms with Gasteiger partial charge in [0.25, 0.3) is 0 Å². The van der Waals surface area contributed by atoms with Crippen LogP contribution in [0.2, 0.25) is 0 Å². The van der Waals surface area contributed by atoms with Crippen molar-refractivity contribution >= 4 is 0 Å². The minimum atomic E-state index is 0.815. The van der Waals surface area contributed by atoms with Crippen LogP contribution < -0.4 is 9.47 Å². The predicted octanol–water partition coefficient (Wildman–Crippen LogP) is 6.56. The Bertz CT molecular complexity index is 401. The van der Waals surface area contributed by atoms with Gasteiger partial charge in [0.15, 0.2) is 11.5 Å². The largest absolute Gasteiger partial charge is 0.493 e. The fourth-order valence-corrected chi connectivity index (χ4v) is 3.03. The molecule has 0 aliphatic heterocycles. The van der Waals surface area contributed by atoms with Crippen LogP contribution in [-0.2, 0) is 6.42 Å². The van der Waals surface area contributed by atoms with Gasteiger partial charge in [0.2, 0.25) is 0 Å². The molecule has 1 aromatic carbocycles. The Morgan fingerprint density at radius 3 is 1.70 bits per heavy atom. The third-order valence-electron chi connectivity index (χ3n) is 4.52. The molecule has 0 heterocycles. The Hall–Kier alpha value is -1.18. The van der Waals surface area contributed by atoms with Crippen molar-refractivity contribution in [1.82, 2.24) is 0 Å². The minimum absolute atomic E-state index is 0.815. The first-order valence-electron chi connectivity index (χ1n) is 9.52. The molecule has 2 heteroatoms. The average Bonchev–Trinajstić information content (AvgIpc) is 2.59. The molecule has 0 unspecified atom stereocenters. The molecule has 0 N–H and O–H groups in total. The average molecular weight is 321 g/mol. The molecule has 0 fully saturated rings. The SMILES string of the molecule is CCCCCCCCCCCCCc1ccc(OC)c(OC)c1. The van der Waals surface area contributed by atoms with Crippen molar-refractivity contribution in [2.24, 2.45) is 0 Å². The van der Waals surface area contributed by atoms with Crippen LogP contribution in [0.25, 0.3) is 0 Å². The highest BCUT2D eigenvalue weighted by Crippen LogP contribution is 2.28. The minimum Gasteiger partial charge on any atom is -0.493 e. The standard InChI is InChI=1S/C21H36O2/c1-4-5-6-7-8-9-10-11-12-13-14-15-19-16-17-20(22-2)21(18-19)23-3/h16-18H,4-15H2,1-3H3. The summed E-state index contributed by atoms with van der Waals surface area (Å²) in [7, 11) is 3.38. The lowest BCUT2D eigenvalue weighted by molar-refractivity contribution is 0.354. The number of unbranched alkanes of at least 4 members (excludes halogenated alkanes) is 10. The van der Waals surface area contributed by atoms with Gasteiger partial charge < -0.3 is 9.47 Å². The van der Waals surface area contributed by atoms with Gasteiger partial charge in [0, 0.05) is 0 Å². The van der Waals surface area contributed by atoms with Crippen LogP contribution in [0.15, 0.2) is 18.2 Å². The fourth-order valence-electron chi connectivity index (χ4n) is 3.03. The summed E-state index contributed by atoms with van der Waals surface area (Å²) in [4.78, 5) is 0. The van der Waals surface area contributed by atoms with E-state index < -0.39 is 0 Å². The quantitative estimate of drug-likeness (QED) is 0.361. The number of rotatable bonds is 14. The van der Waals surface area contributed by atoms with Gasteiger partial charge in [0.05, 0.1) is 14.2 Å². The van der Waals surface area contributed by atoms with Crippen molar-refractivity contribution < 1.29 is 9.47 Å². The highest BCUT2D eigenvalue weighted by atomic mass is 16.5. The molecular weight excluding hydrogens is 284 g/mol. The lowest BCUT2D eigenvalue weighted by atomic mass is 10.0. The number of hydrogen-bond acceptors (Lipinski definition) is 2. The monoisotopic (exact) mass is 320 g/mol. The maximum absolute atomic E-state index is 5.36. The first-order valence-corrected chi connectivity index (χ1v) is 9.52. The summed E-state index contributed by atoms with van der Waals surface area (Å²) in [5.74, 6) is 1.66. The molecule has 2 nitrogen and oxygen atoms in total. The molecule has 0 saturated carbocycles. The van der Waals surface area contributed by atoms with Crippen LogP contribution in [0.4, 0.5) is 0 Å². The zero-order valence-corrected chi connectivity index (χ0v) is 15.5. The molecule has 1 aromatic rings. The molecule has 0 amide bonds. The molecule has 0 aromatic heterocycles. The third-order valence-corrected chi connectivity index (χ3v) is 4.52. The van der Waals surface area contributed by atoms with Gasteiger partial charge in [-0.25, -0.2) is 0 Å². The maximum Gasteiger partial charge on any atom is 0.160 e. The molecule has 0 spiro atoms. The Morgan fingerprint density at radius 2 is 1.17 bits per heavy atom. The molecular formula is C21H36O2. The van der Waals surface area contributed by atoms with Crippen molar-refractivity contribution in [1.29, 1.82) is 0 Å². The molecule has 23 heavy (non-hydrogen) atoms. The van der Waals surface area contributed by atoms with E-state index >= 15 is 0 Å². The number of hydrogen-bond donors (Lipinski definition) is 0. The van der Waals surface area contributed by atoms with Gasteiger partial charge in [0.1, 0.15) is 0 Å². The van der Waals surface area contributed by atoms with Crippen LogP contribution in [0, 0.1) is 0 Å². The molecule has 0 radical (unpaired) electrons. The first kappa shape index (κ1) is 19.9. The van der Waals surface area contributed by atoms with E-state index in [4.69, 9.17) is 9.47 Å². The topological polar surface area (TPSA) is 18.5 Å². The highest BCUT2D eigenvalue weighted by molar-refractivity contribution is 5.42. The molecule has 0 saturated heterocycles. The molecule has 0 aliphatic rings. The van der Waals surface area contributed by atoms with Crippen molar-refractivity contribution in [3.8, 4) is 11.5 Å². The smallest absolute Gasteiger partial charge is 0.160 e. The lowest BCUT2D eigenvalue weighted by Gasteiger charge is -2.09. The van der Waals surface area contributed by atoms with Crippen molar-refractivity contribution in [3.63, 3.8) is 0 Å². The Labute approximate surface area is 143 Å². The van der Waals surface area contributed by atoms with Crippen LogP contribution >= 0.6 is 0 Å². The summed E-state index contributed by atoms with van der Waals surface area (Å²) in [6.45, 7) is 2.28. The van der Waals surface area contributed by atoms with E-state index in [1.165, 1.54) is 76.2 Å². The number of ether oxygens (including phenoxy) is 2. The van der Waals surface area contributed by atoms with Crippen LogP contribution in [0.5, 0.6) is 11.5 Å². The third kappa shape index (κ3) is 8.88. The molecule has 0 atom stereocenters. The Kier molecular flexibility index (Phi) is 11.5. The maximum atomic E-state index is 5.36. The van der Waals surface area contributed by atoms with Gasteiger partial charge >= 0.3 is 0 Å². The Balaban J connectivity index is 2.03. The summed E-state index contributed by atoms with van der Waals surface area (Å²) < 4.78 is 10.6. The zero-order valence-electron chi connectivity index (χ0n) is 15.5. The molecule has 1 rings (SSSR count). The van der Waals surface area contributed by atoms with E-state index in [2.05, 4.69) is 19.1 Å². The van der Waals surface area contributed by atoms with E-state index in [1.54, 1.807) is 14.2 Å². The number of benzene rings is 1. The van der Waals surface area contributed by atoms with Crippen LogP contribution in [0.1, 0.15) is 83.1 Å². The van der Waals surface area contributed by atoms with E-state index in [0.717, 1.165) is 17.9 Å². The van der Waals surface area contributed by atoms with E-state index in [1.807, 2.05) is 6.07 Å². The molecule has 132 valence electrons. The van der Waals surface area contributed by atoms with Gasteiger partial charge in [-0.1, -0.05) is 77.2 Å². The van der Waals surface area contributed by atoms with Gasteiger partial charge in [-0.3, -0.25) is 0 Å². The summed E-state index contributed by atoms with van der Waals surface area (Å²) in [6.07, 6.45) is 16.4. The summed E-state index contributed by atoms with van der Waals surface area (Å²) in [6, 6.07) is 6.26. The summed E-state index contributed by atoms with van der Waals surface area (Å²) >= 11 is 0. The van der Waals surface area contributed by atoms with E-state index in [0.29, 0.717) is 0 Å². The normalized spacial score (nSPS) is 10.7. The fraction of sp³-hybridized carbons (Fsp3) is 0.714. The number of methoxy groups -OCH3 is 2. The van der Waals surface area contributed by atoms with Gasteiger partial charge in [-0.15, -0.1) is 0 Å². The van der Waals surface area contributed by atoms with Crippen molar-refractivity contribution in [2.75, 3.05) is 14.2 Å². The van der Waals surface area contributed by atoms with Gasteiger partial charge in [-0.05, 0) is 30.5 Å².